The predicted molar refractivity (Wildman–Crippen MR) is 119 cm³/mol. The van der Waals surface area contributed by atoms with E-state index in [9.17, 15) is 13.2 Å². The quantitative estimate of drug-likeness (QED) is 0.517. The fourth-order valence-corrected chi connectivity index (χ4v) is 6.07. The van der Waals surface area contributed by atoms with Crippen molar-refractivity contribution >= 4 is 37.5 Å². The van der Waals surface area contributed by atoms with Crippen molar-refractivity contribution in [3.8, 4) is 0 Å². The number of aryl methyl sites for hydroxylation is 1. The highest BCUT2D eigenvalue weighted by Gasteiger charge is 2.23. The molecule has 0 aliphatic heterocycles. The summed E-state index contributed by atoms with van der Waals surface area (Å²) in [6.45, 7) is 0.506. The van der Waals surface area contributed by atoms with Gasteiger partial charge in [0.15, 0.2) is 0 Å². The highest BCUT2D eigenvalue weighted by molar-refractivity contribution is 7.89. The van der Waals surface area contributed by atoms with Crippen molar-refractivity contribution in [2.24, 2.45) is 0 Å². The molecule has 2 aromatic carbocycles. The van der Waals surface area contributed by atoms with Gasteiger partial charge in [-0.25, -0.2) is 18.1 Å². The average molecular weight is 444 g/mol. The summed E-state index contributed by atoms with van der Waals surface area (Å²) >= 11 is 1.67. The Hall–Kier alpha value is -2.29. The van der Waals surface area contributed by atoms with Crippen molar-refractivity contribution in [1.29, 1.82) is 0 Å². The Labute approximate surface area is 180 Å². The summed E-state index contributed by atoms with van der Waals surface area (Å²) in [5.74, 6) is -0.266. The molecule has 0 radical (unpaired) electrons. The van der Waals surface area contributed by atoms with Gasteiger partial charge in [-0.15, -0.1) is 11.3 Å². The van der Waals surface area contributed by atoms with Crippen molar-refractivity contribution in [1.82, 2.24) is 15.0 Å². The maximum Gasteiger partial charge on any atom is 0.251 e. The zero-order chi connectivity index (χ0) is 21.0. The molecule has 2 N–H and O–H groups in total. The first-order valence-corrected chi connectivity index (χ1v) is 12.6. The van der Waals surface area contributed by atoms with Crippen molar-refractivity contribution in [2.45, 2.75) is 49.5 Å². The van der Waals surface area contributed by atoms with Gasteiger partial charge >= 0.3 is 0 Å². The van der Waals surface area contributed by atoms with E-state index in [1.54, 1.807) is 23.5 Å². The Kier molecular flexibility index (Phi) is 6.46. The molecule has 1 heterocycles. The minimum Gasteiger partial charge on any atom is -0.352 e. The van der Waals surface area contributed by atoms with E-state index in [4.69, 9.17) is 0 Å². The number of nitrogens with one attached hydrogen (secondary N) is 2. The fourth-order valence-electron chi connectivity index (χ4n) is 3.71. The lowest BCUT2D eigenvalue weighted by Gasteiger charge is -2.13. The van der Waals surface area contributed by atoms with E-state index < -0.39 is 10.0 Å². The van der Waals surface area contributed by atoms with Crippen molar-refractivity contribution < 1.29 is 13.2 Å². The van der Waals surface area contributed by atoms with Gasteiger partial charge in [-0.3, -0.25) is 4.79 Å². The average Bonchev–Trinajstić information content (AvgIpc) is 3.40. The van der Waals surface area contributed by atoms with E-state index in [0.29, 0.717) is 12.1 Å². The first kappa shape index (κ1) is 21.0. The Morgan fingerprint density at radius 1 is 1.10 bits per heavy atom. The predicted octanol–water partition coefficient (Wildman–Crippen LogP) is 3.88. The Balaban J connectivity index is 1.31. The van der Waals surface area contributed by atoms with Crippen LogP contribution in [0.25, 0.3) is 10.2 Å². The summed E-state index contributed by atoms with van der Waals surface area (Å²) in [7, 11) is -3.61. The van der Waals surface area contributed by atoms with Crippen LogP contribution in [0.5, 0.6) is 0 Å². The van der Waals surface area contributed by atoms with Crippen LogP contribution in [-0.2, 0) is 16.4 Å². The molecule has 0 bridgehead atoms. The van der Waals surface area contributed by atoms with E-state index >= 15 is 0 Å². The van der Waals surface area contributed by atoms with Crippen LogP contribution in [-0.4, -0.2) is 31.9 Å². The number of carbonyl (C=O) groups is 1. The van der Waals surface area contributed by atoms with Crippen LogP contribution in [0, 0.1) is 0 Å². The van der Waals surface area contributed by atoms with Gasteiger partial charge in [-0.1, -0.05) is 31.0 Å². The van der Waals surface area contributed by atoms with Crippen molar-refractivity contribution in [3.63, 3.8) is 0 Å². The third-order valence-electron chi connectivity index (χ3n) is 5.27. The van der Waals surface area contributed by atoms with Gasteiger partial charge in [0, 0.05) is 24.6 Å². The second-order valence-corrected chi connectivity index (χ2v) is 10.4. The fraction of sp³-hybridized carbons (Fsp3) is 0.364. The van der Waals surface area contributed by atoms with E-state index in [0.717, 1.165) is 49.0 Å². The number of para-hydroxylation sites is 1. The Bertz CT molecular complexity index is 1100. The number of thiazole rings is 1. The second kappa shape index (κ2) is 9.24. The molecule has 1 aromatic heterocycles. The third kappa shape index (κ3) is 5.06. The monoisotopic (exact) mass is 443 g/mol. The summed E-state index contributed by atoms with van der Waals surface area (Å²) in [5.41, 5.74) is 1.36. The molecule has 4 rings (SSSR count). The van der Waals surface area contributed by atoms with Crippen LogP contribution in [0.3, 0.4) is 0 Å². The maximum absolute atomic E-state index is 12.6. The normalized spacial score (nSPS) is 14.9. The zero-order valence-corrected chi connectivity index (χ0v) is 18.3. The van der Waals surface area contributed by atoms with E-state index in [-0.39, 0.29) is 16.8 Å². The number of aromatic nitrogens is 1. The first-order valence-electron chi connectivity index (χ1n) is 10.3. The number of carbonyl (C=O) groups excluding carboxylic acids is 1. The topological polar surface area (TPSA) is 88.2 Å². The third-order valence-corrected chi connectivity index (χ3v) is 7.89. The number of sulfonamides is 1. The molecule has 0 saturated heterocycles. The molecule has 0 unspecified atom stereocenters. The summed E-state index contributed by atoms with van der Waals surface area (Å²) in [5, 5.41) is 3.93. The molecule has 8 heteroatoms. The zero-order valence-electron chi connectivity index (χ0n) is 16.6. The van der Waals surface area contributed by atoms with Crippen LogP contribution in [0.2, 0.25) is 0 Å². The van der Waals surface area contributed by atoms with Crippen molar-refractivity contribution in [3.05, 3.63) is 59.1 Å². The standard InChI is InChI=1S/C22H25N3O3S2/c26-22(23-14-6-13-21-24-19-11-3-4-12-20(19)29-21)16-7-5-10-18(15-16)30(27,28)25-17-8-1-2-9-17/h3-5,7,10-12,15,17,25H,1-2,6,8-9,13-14H2,(H,23,26). The van der Waals surface area contributed by atoms with Gasteiger partial charge in [-0.2, -0.15) is 0 Å². The molecule has 0 atom stereocenters. The van der Waals surface area contributed by atoms with Crippen molar-refractivity contribution in [2.75, 3.05) is 6.54 Å². The molecule has 0 spiro atoms. The maximum atomic E-state index is 12.6. The molecule has 1 fully saturated rings. The number of hydrogen-bond donors (Lipinski definition) is 2. The van der Waals surface area contributed by atoms with E-state index in [1.807, 2.05) is 18.2 Å². The van der Waals surface area contributed by atoms with Crippen LogP contribution in [0.1, 0.15) is 47.5 Å². The minimum absolute atomic E-state index is 0.00464. The van der Waals surface area contributed by atoms with Gasteiger partial charge in [-0.05, 0) is 49.6 Å². The van der Waals surface area contributed by atoms with Gasteiger partial charge < -0.3 is 5.32 Å². The Morgan fingerprint density at radius 3 is 2.70 bits per heavy atom. The smallest absolute Gasteiger partial charge is 0.251 e. The molecule has 1 saturated carbocycles. The number of benzene rings is 2. The number of fused-ring (bicyclic) bond motifs is 1. The number of nitrogens with zero attached hydrogens (tertiary/aromatic N) is 1. The molecular weight excluding hydrogens is 418 g/mol. The minimum atomic E-state index is -3.61. The summed E-state index contributed by atoms with van der Waals surface area (Å²) in [6.07, 6.45) is 5.40. The largest absolute Gasteiger partial charge is 0.352 e. The molecule has 30 heavy (non-hydrogen) atoms. The number of amides is 1. The summed E-state index contributed by atoms with van der Waals surface area (Å²) in [4.78, 5) is 17.2. The SMILES string of the molecule is O=C(NCCCc1nc2ccccc2s1)c1cccc(S(=O)(=O)NC2CCCC2)c1. The van der Waals surface area contributed by atoms with Gasteiger partial charge in [0.2, 0.25) is 10.0 Å². The van der Waals surface area contributed by atoms with Gasteiger partial charge in [0.05, 0.1) is 20.1 Å². The molecule has 1 amide bonds. The highest BCUT2D eigenvalue weighted by atomic mass is 32.2. The summed E-state index contributed by atoms with van der Waals surface area (Å²) in [6, 6.07) is 14.2. The Morgan fingerprint density at radius 2 is 1.90 bits per heavy atom. The molecular formula is C22H25N3O3S2. The van der Waals surface area contributed by atoms with Gasteiger partial charge in [0.25, 0.3) is 5.91 Å². The summed E-state index contributed by atoms with van der Waals surface area (Å²) < 4.78 is 29.1. The van der Waals surface area contributed by atoms with Gasteiger partial charge in [0.1, 0.15) is 0 Å². The second-order valence-electron chi connectivity index (χ2n) is 7.57. The lowest BCUT2D eigenvalue weighted by atomic mass is 10.2. The van der Waals surface area contributed by atoms with Crippen LogP contribution in [0.4, 0.5) is 0 Å². The lowest BCUT2D eigenvalue weighted by molar-refractivity contribution is 0.0953. The van der Waals surface area contributed by atoms with E-state index in [2.05, 4.69) is 21.1 Å². The molecule has 158 valence electrons. The molecule has 1 aliphatic rings. The van der Waals surface area contributed by atoms with Crippen LogP contribution in [0.15, 0.2) is 53.4 Å². The van der Waals surface area contributed by atoms with E-state index in [1.165, 1.54) is 16.8 Å². The van der Waals surface area contributed by atoms with Crippen LogP contribution < -0.4 is 10.0 Å². The molecule has 1 aliphatic carbocycles. The van der Waals surface area contributed by atoms with Crippen LogP contribution >= 0.6 is 11.3 Å². The molecule has 6 nitrogen and oxygen atoms in total. The number of hydrogen-bond acceptors (Lipinski definition) is 5. The first-order chi connectivity index (χ1) is 14.5. The highest BCUT2D eigenvalue weighted by Crippen LogP contribution is 2.23. The molecule has 3 aromatic rings. The lowest BCUT2D eigenvalue weighted by Crippen LogP contribution is -2.33. The number of rotatable bonds is 8.